The third-order valence-corrected chi connectivity index (χ3v) is 14.4. The maximum atomic E-state index is 11.8. The molecule has 0 bridgehead atoms. The summed E-state index contributed by atoms with van der Waals surface area (Å²) in [6.07, 6.45) is 5.85. The van der Waals surface area contributed by atoms with E-state index in [1.165, 1.54) is 0 Å². The lowest BCUT2D eigenvalue weighted by atomic mass is 9.78. The molecular weight excluding hydrogens is 656 g/mol. The Balaban J connectivity index is 1.13. The third-order valence-electron chi connectivity index (χ3n) is 14.4. The zero-order valence-electron chi connectivity index (χ0n) is 32.8. The first-order chi connectivity index (χ1) is 23.9. The topological polar surface area (TPSA) is 142 Å². The average Bonchev–Trinajstić information content (AvgIpc) is 3.75. The van der Waals surface area contributed by atoms with Gasteiger partial charge in [-0.1, -0.05) is 41.5 Å². The first-order valence-electron chi connectivity index (χ1n) is 20.0. The molecule has 0 aromatic heterocycles. The molecule has 11 nitrogen and oxygen atoms in total. The predicted octanol–water partition coefficient (Wildman–Crippen LogP) is 5.71. The summed E-state index contributed by atoms with van der Waals surface area (Å²) in [5, 5.41) is 30.7. The molecule has 51 heavy (non-hydrogen) atoms. The van der Waals surface area contributed by atoms with E-state index in [0.717, 1.165) is 51.4 Å². The van der Waals surface area contributed by atoms with E-state index in [-0.39, 0.29) is 84.3 Å². The Labute approximate surface area is 305 Å². The van der Waals surface area contributed by atoms with Crippen molar-refractivity contribution in [1.29, 1.82) is 0 Å². The Kier molecular flexibility index (Phi) is 11.4. The molecule has 0 aromatic rings. The number of carboxylic acids is 1. The standard InChI is InChI=1S/C40H68O11/c1-21-11-12-28(46-33(21)26(6)36(42)43)17-29-18-30(45-10)27(7)40(48-29)25(5)19-38(9,51-40)32-13-14-37(8,49-32)35-23(3)16-31(47-35)34-22(2)15-24(4)39(44,20-41)50-34/h21-35,41,44H,11-20H2,1-10H3,(H,42,43)/t21-,22-,23-,24+,25+,26+,27+,28+,29+,30+,31+,32?,33?,34+,35+,37-,38+,39-,40+/m0/s1. The van der Waals surface area contributed by atoms with E-state index in [1.54, 1.807) is 14.0 Å². The summed E-state index contributed by atoms with van der Waals surface area (Å²) in [7, 11) is 1.77. The van der Waals surface area contributed by atoms with E-state index in [9.17, 15) is 20.1 Å². The summed E-state index contributed by atoms with van der Waals surface area (Å²) < 4.78 is 47.0. The molecule has 6 saturated heterocycles. The Hall–Kier alpha value is -0.890. The van der Waals surface area contributed by atoms with Gasteiger partial charge >= 0.3 is 5.97 Å². The molecule has 6 aliphatic rings. The summed E-state index contributed by atoms with van der Waals surface area (Å²) >= 11 is 0. The average molecular weight is 725 g/mol. The van der Waals surface area contributed by atoms with Crippen molar-refractivity contribution < 1.29 is 53.3 Å². The normalized spacial score (nSPS) is 54.2. The summed E-state index contributed by atoms with van der Waals surface area (Å²) in [5.41, 5.74) is -1.10. The molecule has 6 rings (SSSR count). The quantitative estimate of drug-likeness (QED) is 0.269. The molecule has 6 heterocycles. The minimum absolute atomic E-state index is 0.00727. The largest absolute Gasteiger partial charge is 0.481 e. The maximum absolute atomic E-state index is 11.8. The van der Waals surface area contributed by atoms with Crippen molar-refractivity contribution in [3.8, 4) is 0 Å². The minimum atomic E-state index is -1.55. The van der Waals surface area contributed by atoms with Crippen molar-refractivity contribution in [2.45, 2.75) is 192 Å². The molecule has 294 valence electrons. The van der Waals surface area contributed by atoms with Crippen molar-refractivity contribution in [3.63, 3.8) is 0 Å². The van der Waals surface area contributed by atoms with Gasteiger partial charge in [-0.3, -0.25) is 4.79 Å². The molecular formula is C40H68O11. The summed E-state index contributed by atoms with van der Waals surface area (Å²) in [4.78, 5) is 11.8. The molecule has 0 aliphatic carbocycles. The zero-order chi connectivity index (χ0) is 37.3. The number of carboxylic acid groups (broad SMARTS) is 1. The highest BCUT2D eigenvalue weighted by molar-refractivity contribution is 5.70. The molecule has 0 amide bonds. The monoisotopic (exact) mass is 724 g/mol. The van der Waals surface area contributed by atoms with E-state index in [4.69, 9.17) is 33.2 Å². The van der Waals surface area contributed by atoms with E-state index >= 15 is 0 Å². The van der Waals surface area contributed by atoms with Gasteiger partial charge in [-0.05, 0) is 83.5 Å². The number of aliphatic hydroxyl groups excluding tert-OH is 1. The SMILES string of the molecule is CO[C@@H]1C[C@@H](C[C@H]2CC[C@H](C)C([C@@H](C)C(=O)O)O2)O[C@]2(O[C@@](C)(C3CC[C@@](C)([C@@H]4O[C@@H]([C@@H]5O[C@@](O)(CO)[C@H](C)C[C@@H]5C)C[C@@H]4C)O3)C[C@H]2C)[C@@H]1C. The maximum Gasteiger partial charge on any atom is 0.308 e. The van der Waals surface area contributed by atoms with Crippen LogP contribution in [0.4, 0.5) is 0 Å². The van der Waals surface area contributed by atoms with Crippen molar-refractivity contribution in [3.05, 3.63) is 0 Å². The molecule has 3 N–H and O–H groups in total. The highest BCUT2D eigenvalue weighted by Crippen LogP contribution is 2.57. The second-order valence-electron chi connectivity index (χ2n) is 18.4. The van der Waals surface area contributed by atoms with Crippen LogP contribution in [0.25, 0.3) is 0 Å². The lowest BCUT2D eigenvalue weighted by molar-refractivity contribution is -0.353. The van der Waals surface area contributed by atoms with Gasteiger partial charge in [0.1, 0.15) is 0 Å². The van der Waals surface area contributed by atoms with Crippen molar-refractivity contribution >= 4 is 5.97 Å². The van der Waals surface area contributed by atoms with Gasteiger partial charge in [-0.2, -0.15) is 0 Å². The minimum Gasteiger partial charge on any atom is -0.481 e. The molecule has 1 spiro atoms. The van der Waals surface area contributed by atoms with Gasteiger partial charge < -0.3 is 48.5 Å². The lowest BCUT2D eigenvalue weighted by Crippen LogP contribution is -2.58. The van der Waals surface area contributed by atoms with E-state index in [0.29, 0.717) is 6.42 Å². The third kappa shape index (κ3) is 7.19. The molecule has 11 heteroatoms. The number of hydrogen-bond acceptors (Lipinski definition) is 10. The summed E-state index contributed by atoms with van der Waals surface area (Å²) in [5.74, 6) is -3.26. The fourth-order valence-electron chi connectivity index (χ4n) is 11.3. The summed E-state index contributed by atoms with van der Waals surface area (Å²) in [6.45, 7) is 18.4. The predicted molar refractivity (Wildman–Crippen MR) is 189 cm³/mol. The number of methoxy groups -OCH3 is 1. The molecule has 19 atom stereocenters. The Morgan fingerprint density at radius 2 is 1.59 bits per heavy atom. The lowest BCUT2D eigenvalue weighted by Gasteiger charge is -2.50. The molecule has 2 unspecified atom stereocenters. The van der Waals surface area contributed by atoms with Gasteiger partial charge in [0.15, 0.2) is 11.6 Å². The van der Waals surface area contributed by atoms with Crippen LogP contribution in [0.1, 0.15) is 120 Å². The number of aliphatic hydroxyl groups is 2. The number of hydrogen-bond donors (Lipinski definition) is 3. The van der Waals surface area contributed by atoms with Crippen molar-refractivity contribution in [2.24, 2.45) is 41.4 Å². The summed E-state index contributed by atoms with van der Waals surface area (Å²) in [6, 6.07) is 0. The number of ether oxygens (including phenoxy) is 7. The van der Waals surface area contributed by atoms with Gasteiger partial charge in [0.25, 0.3) is 0 Å². The number of carbonyl (C=O) groups is 1. The molecule has 6 fully saturated rings. The van der Waals surface area contributed by atoms with Gasteiger partial charge in [0, 0.05) is 37.7 Å². The van der Waals surface area contributed by atoms with Crippen molar-refractivity contribution in [1.82, 2.24) is 0 Å². The Bertz CT molecular complexity index is 1230. The van der Waals surface area contributed by atoms with Crippen molar-refractivity contribution in [2.75, 3.05) is 13.7 Å². The Morgan fingerprint density at radius 3 is 2.25 bits per heavy atom. The van der Waals surface area contributed by atoms with Crippen LogP contribution in [0.2, 0.25) is 0 Å². The van der Waals surface area contributed by atoms with E-state index in [2.05, 4.69) is 48.5 Å². The fourth-order valence-corrected chi connectivity index (χ4v) is 11.3. The van der Waals surface area contributed by atoms with Gasteiger partial charge in [0.2, 0.25) is 0 Å². The highest BCUT2D eigenvalue weighted by Gasteiger charge is 2.65. The second kappa shape index (κ2) is 14.6. The fraction of sp³-hybridized carbons (Fsp3) is 0.975. The molecule has 0 saturated carbocycles. The number of aliphatic carboxylic acids is 1. The van der Waals surface area contributed by atoms with E-state index < -0.39 is 41.3 Å². The van der Waals surface area contributed by atoms with Gasteiger partial charge in [-0.15, -0.1) is 0 Å². The zero-order valence-corrected chi connectivity index (χ0v) is 32.8. The van der Waals surface area contributed by atoms with Crippen LogP contribution in [-0.2, 0) is 38.0 Å². The van der Waals surface area contributed by atoms with Crippen LogP contribution >= 0.6 is 0 Å². The Morgan fingerprint density at radius 1 is 0.863 bits per heavy atom. The van der Waals surface area contributed by atoms with Crippen LogP contribution < -0.4 is 0 Å². The van der Waals surface area contributed by atoms with Crippen LogP contribution in [0.15, 0.2) is 0 Å². The van der Waals surface area contributed by atoms with Gasteiger partial charge in [-0.25, -0.2) is 0 Å². The van der Waals surface area contributed by atoms with Crippen LogP contribution in [-0.4, -0.2) is 107 Å². The van der Waals surface area contributed by atoms with Crippen LogP contribution in [0.5, 0.6) is 0 Å². The van der Waals surface area contributed by atoms with Gasteiger partial charge in [0.05, 0.1) is 72.6 Å². The van der Waals surface area contributed by atoms with E-state index in [1.807, 2.05) is 6.92 Å². The molecule has 0 radical (unpaired) electrons. The second-order valence-corrected chi connectivity index (χ2v) is 18.4. The smallest absolute Gasteiger partial charge is 0.308 e. The molecule has 6 aliphatic heterocycles. The van der Waals surface area contributed by atoms with Crippen LogP contribution in [0, 0.1) is 41.4 Å². The molecule has 0 aromatic carbocycles. The first-order valence-corrected chi connectivity index (χ1v) is 20.0. The first kappa shape index (κ1) is 39.8. The number of rotatable bonds is 9. The highest BCUT2D eigenvalue weighted by atomic mass is 16.7. The van der Waals surface area contributed by atoms with Crippen LogP contribution in [0.3, 0.4) is 0 Å².